The monoisotopic (exact) mass is 314 g/mol. The Morgan fingerprint density at radius 3 is 2.91 bits per heavy atom. The van der Waals surface area contributed by atoms with E-state index in [4.69, 9.17) is 16.0 Å². The molecule has 3 aromatic rings. The Bertz CT molecular complexity index is 827. The van der Waals surface area contributed by atoms with Crippen LogP contribution in [-0.4, -0.2) is 10.9 Å². The van der Waals surface area contributed by atoms with E-state index >= 15 is 0 Å². The number of fused-ring (bicyclic) bond motifs is 1. The van der Waals surface area contributed by atoms with Crippen LogP contribution in [0.4, 0.5) is 0 Å². The van der Waals surface area contributed by atoms with Crippen LogP contribution in [0.15, 0.2) is 47.1 Å². The van der Waals surface area contributed by atoms with Gasteiger partial charge in [0.2, 0.25) is 0 Å². The van der Waals surface area contributed by atoms with Gasteiger partial charge in [-0.2, -0.15) is 0 Å². The molecule has 0 saturated heterocycles. The Hall–Kier alpha value is -2.33. The first-order valence-corrected chi connectivity index (χ1v) is 7.33. The van der Waals surface area contributed by atoms with Crippen molar-refractivity contribution in [2.24, 2.45) is 0 Å². The minimum absolute atomic E-state index is 0.155. The van der Waals surface area contributed by atoms with Crippen molar-refractivity contribution in [3.8, 4) is 0 Å². The van der Waals surface area contributed by atoms with Crippen LogP contribution in [0.25, 0.3) is 11.0 Å². The summed E-state index contributed by atoms with van der Waals surface area (Å²) in [5.41, 5.74) is 2.38. The molecule has 2 heterocycles. The number of rotatable bonds is 3. The summed E-state index contributed by atoms with van der Waals surface area (Å²) in [6, 6.07) is 8.92. The van der Waals surface area contributed by atoms with Crippen molar-refractivity contribution in [2.45, 2.75) is 19.9 Å². The van der Waals surface area contributed by atoms with E-state index in [1.165, 1.54) is 0 Å². The minimum atomic E-state index is -0.249. The van der Waals surface area contributed by atoms with Gasteiger partial charge in [-0.3, -0.25) is 9.78 Å². The summed E-state index contributed by atoms with van der Waals surface area (Å²) in [7, 11) is 0. The SMILES string of the molecule is Cc1c(C(=O)NC(C)c2cccnc2)oc2ccc(Cl)cc12. The van der Waals surface area contributed by atoms with E-state index in [9.17, 15) is 4.79 Å². The van der Waals surface area contributed by atoms with E-state index in [0.29, 0.717) is 16.4 Å². The molecule has 1 amide bonds. The summed E-state index contributed by atoms with van der Waals surface area (Å²) < 4.78 is 5.67. The lowest BCUT2D eigenvalue weighted by molar-refractivity contribution is 0.0913. The predicted octanol–water partition coefficient (Wildman–Crippen LogP) is 4.28. The summed E-state index contributed by atoms with van der Waals surface area (Å²) in [6.07, 6.45) is 3.43. The largest absolute Gasteiger partial charge is 0.451 e. The number of furan rings is 1. The molecule has 2 aromatic heterocycles. The van der Waals surface area contributed by atoms with E-state index in [1.807, 2.05) is 26.0 Å². The summed E-state index contributed by atoms with van der Waals surface area (Å²) in [5, 5.41) is 4.39. The molecule has 22 heavy (non-hydrogen) atoms. The zero-order chi connectivity index (χ0) is 15.7. The molecule has 4 nitrogen and oxygen atoms in total. The van der Waals surface area contributed by atoms with Gasteiger partial charge in [0.1, 0.15) is 5.58 Å². The van der Waals surface area contributed by atoms with E-state index < -0.39 is 0 Å². The lowest BCUT2D eigenvalue weighted by Crippen LogP contribution is -2.26. The van der Waals surface area contributed by atoms with Crippen molar-refractivity contribution in [1.29, 1.82) is 0 Å². The Morgan fingerprint density at radius 1 is 1.36 bits per heavy atom. The van der Waals surface area contributed by atoms with Crippen LogP contribution >= 0.6 is 11.6 Å². The van der Waals surface area contributed by atoms with Gasteiger partial charge in [-0.1, -0.05) is 17.7 Å². The molecular weight excluding hydrogens is 300 g/mol. The molecule has 1 N–H and O–H groups in total. The molecule has 0 bridgehead atoms. The van der Waals surface area contributed by atoms with Gasteiger partial charge in [0, 0.05) is 28.4 Å². The maximum atomic E-state index is 12.4. The number of aromatic nitrogens is 1. The third-order valence-electron chi connectivity index (χ3n) is 3.64. The molecule has 0 aliphatic heterocycles. The molecule has 5 heteroatoms. The molecule has 3 rings (SSSR count). The molecule has 0 saturated carbocycles. The van der Waals surface area contributed by atoms with Crippen molar-refractivity contribution in [3.63, 3.8) is 0 Å². The van der Waals surface area contributed by atoms with Crippen LogP contribution in [0.5, 0.6) is 0 Å². The van der Waals surface area contributed by atoms with Gasteiger partial charge in [0.15, 0.2) is 5.76 Å². The number of nitrogens with one attached hydrogen (secondary N) is 1. The van der Waals surface area contributed by atoms with Crippen LogP contribution in [0, 0.1) is 6.92 Å². The normalized spacial score (nSPS) is 12.3. The van der Waals surface area contributed by atoms with Crippen LogP contribution in [0.3, 0.4) is 0 Å². The molecule has 0 aliphatic carbocycles. The van der Waals surface area contributed by atoms with Gasteiger partial charge in [-0.15, -0.1) is 0 Å². The average Bonchev–Trinajstić information content (AvgIpc) is 2.85. The van der Waals surface area contributed by atoms with Crippen LogP contribution in [0.1, 0.15) is 34.6 Å². The first-order valence-electron chi connectivity index (χ1n) is 6.95. The highest BCUT2D eigenvalue weighted by atomic mass is 35.5. The minimum Gasteiger partial charge on any atom is -0.451 e. The third-order valence-corrected chi connectivity index (χ3v) is 3.87. The second-order valence-corrected chi connectivity index (χ2v) is 5.61. The van der Waals surface area contributed by atoms with Crippen molar-refractivity contribution in [1.82, 2.24) is 10.3 Å². The maximum absolute atomic E-state index is 12.4. The number of amides is 1. The van der Waals surface area contributed by atoms with Crippen molar-refractivity contribution < 1.29 is 9.21 Å². The average molecular weight is 315 g/mol. The molecule has 0 radical (unpaired) electrons. The fraction of sp³-hybridized carbons (Fsp3) is 0.176. The fourth-order valence-corrected chi connectivity index (χ4v) is 2.56. The Kier molecular flexibility index (Phi) is 3.86. The predicted molar refractivity (Wildman–Crippen MR) is 86.1 cm³/mol. The number of pyridine rings is 1. The van der Waals surface area contributed by atoms with E-state index in [1.54, 1.807) is 30.6 Å². The molecular formula is C17H15ClN2O2. The van der Waals surface area contributed by atoms with Crippen molar-refractivity contribution in [2.75, 3.05) is 0 Å². The smallest absolute Gasteiger partial charge is 0.287 e. The lowest BCUT2D eigenvalue weighted by Gasteiger charge is -2.12. The number of carbonyl (C=O) groups excluding carboxylic acids is 1. The van der Waals surface area contributed by atoms with Crippen molar-refractivity contribution >= 4 is 28.5 Å². The zero-order valence-electron chi connectivity index (χ0n) is 12.3. The zero-order valence-corrected chi connectivity index (χ0v) is 13.0. The van der Waals surface area contributed by atoms with Crippen LogP contribution in [-0.2, 0) is 0 Å². The summed E-state index contributed by atoms with van der Waals surface area (Å²) in [4.78, 5) is 16.5. The number of hydrogen-bond acceptors (Lipinski definition) is 3. The fourth-order valence-electron chi connectivity index (χ4n) is 2.39. The summed E-state index contributed by atoms with van der Waals surface area (Å²) >= 11 is 5.99. The van der Waals surface area contributed by atoms with Crippen molar-refractivity contribution in [3.05, 3.63) is 64.6 Å². The van der Waals surface area contributed by atoms with E-state index in [0.717, 1.165) is 16.5 Å². The quantitative estimate of drug-likeness (QED) is 0.785. The highest BCUT2D eigenvalue weighted by Gasteiger charge is 2.19. The Labute approximate surface area is 133 Å². The lowest BCUT2D eigenvalue weighted by atomic mass is 10.1. The number of carbonyl (C=O) groups is 1. The highest BCUT2D eigenvalue weighted by molar-refractivity contribution is 6.31. The number of aryl methyl sites for hydroxylation is 1. The molecule has 0 fully saturated rings. The first-order chi connectivity index (χ1) is 10.6. The molecule has 1 aromatic carbocycles. The number of benzene rings is 1. The van der Waals surface area contributed by atoms with Crippen LogP contribution in [0.2, 0.25) is 5.02 Å². The molecule has 1 atom stereocenters. The standard InChI is InChI=1S/C17H15ClN2O2/c1-10-14-8-13(18)5-6-15(14)22-16(10)17(21)20-11(2)12-4-3-7-19-9-12/h3-9,11H,1-2H3,(H,20,21). The number of nitrogens with zero attached hydrogens (tertiary/aromatic N) is 1. The third kappa shape index (κ3) is 2.70. The second kappa shape index (κ2) is 5.81. The second-order valence-electron chi connectivity index (χ2n) is 5.18. The van der Waals surface area contributed by atoms with E-state index in [-0.39, 0.29) is 11.9 Å². The van der Waals surface area contributed by atoms with Gasteiger partial charge in [-0.25, -0.2) is 0 Å². The van der Waals surface area contributed by atoms with Gasteiger partial charge in [0.05, 0.1) is 6.04 Å². The molecule has 0 spiro atoms. The van der Waals surface area contributed by atoms with Gasteiger partial charge < -0.3 is 9.73 Å². The van der Waals surface area contributed by atoms with Crippen LogP contribution < -0.4 is 5.32 Å². The number of halogens is 1. The highest BCUT2D eigenvalue weighted by Crippen LogP contribution is 2.28. The number of hydrogen-bond donors (Lipinski definition) is 1. The van der Waals surface area contributed by atoms with E-state index in [2.05, 4.69) is 10.3 Å². The first kappa shape index (κ1) is 14.6. The molecule has 0 aliphatic rings. The summed E-state index contributed by atoms with van der Waals surface area (Å²) in [5.74, 6) is 0.0641. The maximum Gasteiger partial charge on any atom is 0.287 e. The molecule has 112 valence electrons. The van der Waals surface area contributed by atoms with Gasteiger partial charge >= 0.3 is 0 Å². The van der Waals surface area contributed by atoms with Gasteiger partial charge in [-0.05, 0) is 43.7 Å². The Morgan fingerprint density at radius 2 is 2.18 bits per heavy atom. The van der Waals surface area contributed by atoms with Gasteiger partial charge in [0.25, 0.3) is 5.91 Å². The Balaban J connectivity index is 1.88. The topological polar surface area (TPSA) is 55.1 Å². The summed E-state index contributed by atoms with van der Waals surface area (Å²) in [6.45, 7) is 3.76. The molecule has 1 unspecified atom stereocenters.